The third-order valence-corrected chi connectivity index (χ3v) is 15.7. The number of aromatic nitrogens is 1. The molecular formula is C44H68N2O10S. The van der Waals surface area contributed by atoms with Crippen LogP contribution < -0.4 is 5.32 Å². The molecule has 6 aliphatic rings. The molecule has 8 unspecified atom stereocenters. The third kappa shape index (κ3) is 8.58. The maximum atomic E-state index is 15.0. The van der Waals surface area contributed by atoms with Crippen molar-refractivity contribution < 1.29 is 47.5 Å². The van der Waals surface area contributed by atoms with Gasteiger partial charge in [0.1, 0.15) is 24.4 Å². The van der Waals surface area contributed by atoms with Gasteiger partial charge in [-0.15, -0.1) is 11.3 Å². The van der Waals surface area contributed by atoms with Crippen LogP contribution in [-0.4, -0.2) is 113 Å². The summed E-state index contributed by atoms with van der Waals surface area (Å²) >= 11 is 1.80. The number of methoxy groups -OCH3 is 3. The Morgan fingerprint density at radius 2 is 1.67 bits per heavy atom. The topological polar surface area (TPSA) is 133 Å². The SMILES string of the molecule is CC[C@H]1CCC[C@H](O[C@H]2CC[C@H](NC)C(C)O2)[C@@H](C)C(=O)C2=C[C@@H]3C(c4nc(C(C)C)sc4C4C[C@@H](OC5OC(C)C(OC)C(OC)C5OC)C[C@H]43)[C@@H]2CC(=O)O1. The maximum absolute atomic E-state index is 15.0. The summed E-state index contributed by atoms with van der Waals surface area (Å²) in [7, 11) is 6.96. The number of hydrogen-bond acceptors (Lipinski definition) is 13. The van der Waals surface area contributed by atoms with Gasteiger partial charge in [0.2, 0.25) is 0 Å². The summed E-state index contributed by atoms with van der Waals surface area (Å²) in [5.41, 5.74) is 1.78. The molecule has 0 radical (unpaired) electrons. The fourth-order valence-corrected chi connectivity index (χ4v) is 12.4. The Hall–Kier alpha value is -1.81. The lowest BCUT2D eigenvalue weighted by Gasteiger charge is -2.44. The van der Waals surface area contributed by atoms with Gasteiger partial charge in [-0.25, -0.2) is 4.98 Å². The van der Waals surface area contributed by atoms with Crippen LogP contribution in [0.15, 0.2) is 11.6 Å². The summed E-state index contributed by atoms with van der Waals surface area (Å²) in [5, 5.41) is 4.44. The molecule has 7 rings (SSSR count). The number of nitrogens with one attached hydrogen (secondary N) is 1. The molecular weight excluding hydrogens is 749 g/mol. The predicted molar refractivity (Wildman–Crippen MR) is 215 cm³/mol. The van der Waals surface area contributed by atoms with Gasteiger partial charge in [0.05, 0.1) is 41.5 Å². The number of cyclic esters (lactones) is 1. The van der Waals surface area contributed by atoms with Crippen LogP contribution in [0.2, 0.25) is 0 Å². The smallest absolute Gasteiger partial charge is 0.306 e. The van der Waals surface area contributed by atoms with Crippen LogP contribution in [-0.2, 0) is 47.5 Å². The molecule has 320 valence electrons. The summed E-state index contributed by atoms with van der Waals surface area (Å²) in [6.07, 6.45) is 5.65. The Morgan fingerprint density at radius 3 is 2.33 bits per heavy atom. The quantitative estimate of drug-likeness (QED) is 0.249. The number of Topliss-reactive ketones (excluding diaryl/α,β-unsaturated/α-hetero) is 1. The van der Waals surface area contributed by atoms with Crippen LogP contribution in [0.3, 0.4) is 0 Å². The van der Waals surface area contributed by atoms with Crippen molar-refractivity contribution in [2.24, 2.45) is 23.7 Å². The van der Waals surface area contributed by atoms with Crippen molar-refractivity contribution in [1.29, 1.82) is 0 Å². The molecule has 3 aliphatic heterocycles. The average molecular weight is 817 g/mol. The van der Waals surface area contributed by atoms with Crippen molar-refractivity contribution in [2.75, 3.05) is 28.4 Å². The Balaban J connectivity index is 1.21. The number of rotatable bonds is 10. The summed E-state index contributed by atoms with van der Waals surface area (Å²) < 4.78 is 50.2. The molecule has 1 N–H and O–H groups in total. The number of esters is 1. The van der Waals surface area contributed by atoms with Gasteiger partial charge in [-0.05, 0) is 89.7 Å². The largest absolute Gasteiger partial charge is 0.462 e. The Morgan fingerprint density at radius 1 is 0.912 bits per heavy atom. The normalized spacial score (nSPS) is 42.6. The van der Waals surface area contributed by atoms with Crippen molar-refractivity contribution in [3.63, 3.8) is 0 Å². The van der Waals surface area contributed by atoms with Crippen LogP contribution in [0, 0.1) is 23.7 Å². The summed E-state index contributed by atoms with van der Waals surface area (Å²) in [5.74, 6) is -0.365. The van der Waals surface area contributed by atoms with E-state index in [0.29, 0.717) is 6.42 Å². The number of ketones is 1. The Labute approximate surface area is 343 Å². The van der Waals surface area contributed by atoms with Gasteiger partial charge in [0.25, 0.3) is 0 Å². The van der Waals surface area contributed by atoms with Crippen LogP contribution in [0.1, 0.15) is 133 Å². The summed E-state index contributed by atoms with van der Waals surface area (Å²) in [6, 6.07) is 0.273. The summed E-state index contributed by atoms with van der Waals surface area (Å²) in [4.78, 5) is 35.6. The first kappa shape index (κ1) is 43.3. The average Bonchev–Trinajstić information content (AvgIpc) is 3.91. The van der Waals surface area contributed by atoms with E-state index in [0.717, 1.165) is 61.2 Å². The van der Waals surface area contributed by atoms with E-state index in [1.807, 2.05) is 20.9 Å². The fourth-order valence-electron chi connectivity index (χ4n) is 11.0. The first-order valence-corrected chi connectivity index (χ1v) is 22.6. The van der Waals surface area contributed by atoms with Crippen molar-refractivity contribution in [3.05, 3.63) is 27.2 Å². The molecule has 0 amide bonds. The summed E-state index contributed by atoms with van der Waals surface area (Å²) in [6.45, 7) is 12.5. The Bertz CT molecular complexity index is 1590. The van der Waals surface area contributed by atoms with Crippen LogP contribution in [0.5, 0.6) is 0 Å². The molecule has 1 saturated carbocycles. The molecule has 0 spiro atoms. The zero-order valence-corrected chi connectivity index (χ0v) is 36.6. The van der Waals surface area contributed by atoms with Crippen molar-refractivity contribution in [1.82, 2.24) is 10.3 Å². The standard InChI is InChI=1S/C44H68N2O10S/c1-11-25-13-12-14-33(56-35-16-15-32(45-7)23(5)52-35)22(4)38(48)30-19-28-27-17-26(55-44-41(51-10)40(50-9)39(49-8)24(6)53-44)18-31(27)42-37(46-43(57-42)21(2)3)36(28)29(30)20-34(47)54-25/h19,21-29,31-33,35-36,39-41,44-45H,11-18,20H2,1-10H3/t22-,23?,24?,25+,26+,27+,28+,29-,31?,32+,33+,35+,36?,39?,40?,41?,44?/m1/s1. The lowest BCUT2D eigenvalue weighted by atomic mass is 9.67. The van der Waals surface area contributed by atoms with Gasteiger partial charge in [0.15, 0.2) is 18.4 Å². The molecule has 13 heteroatoms. The van der Waals surface area contributed by atoms with Crippen LogP contribution >= 0.6 is 11.3 Å². The van der Waals surface area contributed by atoms with Crippen LogP contribution in [0.25, 0.3) is 0 Å². The van der Waals surface area contributed by atoms with Gasteiger partial charge in [-0.3, -0.25) is 9.59 Å². The molecule has 57 heavy (non-hydrogen) atoms. The van der Waals surface area contributed by atoms with E-state index in [2.05, 4.69) is 39.1 Å². The van der Waals surface area contributed by atoms with E-state index in [1.165, 1.54) is 4.88 Å². The van der Waals surface area contributed by atoms with Gasteiger partial charge in [-0.2, -0.15) is 0 Å². The van der Waals surface area contributed by atoms with Gasteiger partial charge in [0, 0.05) is 61.8 Å². The van der Waals surface area contributed by atoms with E-state index >= 15 is 4.79 Å². The zero-order valence-electron chi connectivity index (χ0n) is 35.8. The predicted octanol–water partition coefficient (Wildman–Crippen LogP) is 6.80. The fraction of sp³-hybridized carbons (Fsp3) is 0.841. The molecule has 17 atom stereocenters. The number of carbonyl (C=O) groups excluding carboxylic acids is 2. The molecule has 1 aromatic rings. The lowest BCUT2D eigenvalue weighted by Crippen LogP contribution is -2.59. The second kappa shape index (κ2) is 18.4. The van der Waals surface area contributed by atoms with Gasteiger partial charge in [-0.1, -0.05) is 33.8 Å². The number of thiazole rings is 1. The minimum atomic E-state index is -0.632. The van der Waals surface area contributed by atoms with E-state index in [-0.39, 0.29) is 109 Å². The zero-order chi connectivity index (χ0) is 40.7. The van der Waals surface area contributed by atoms with E-state index in [9.17, 15) is 4.79 Å². The van der Waals surface area contributed by atoms with Gasteiger partial charge >= 0.3 is 5.97 Å². The highest BCUT2D eigenvalue weighted by Crippen LogP contribution is 2.62. The third-order valence-electron chi connectivity index (χ3n) is 14.2. The molecule has 1 aromatic heterocycles. The van der Waals surface area contributed by atoms with E-state index in [4.69, 9.17) is 42.9 Å². The minimum absolute atomic E-state index is 0.00673. The number of allylic oxidation sites excluding steroid dienone is 2. The molecule has 0 aromatic carbocycles. The Kier molecular flexibility index (Phi) is 14.0. The number of fused-ring (bicyclic) bond motifs is 8. The first-order chi connectivity index (χ1) is 27.4. The number of nitrogens with zero attached hydrogens (tertiary/aromatic N) is 1. The number of ether oxygens (including phenoxy) is 8. The highest BCUT2D eigenvalue weighted by molar-refractivity contribution is 7.12. The first-order valence-electron chi connectivity index (χ1n) is 21.7. The second-order valence-electron chi connectivity index (χ2n) is 17.8. The molecule has 3 saturated heterocycles. The van der Waals surface area contributed by atoms with E-state index < -0.39 is 18.3 Å². The minimum Gasteiger partial charge on any atom is -0.462 e. The molecule has 4 fully saturated rings. The van der Waals surface area contributed by atoms with Gasteiger partial charge < -0.3 is 43.2 Å². The number of hydrogen-bond donors (Lipinski definition) is 1. The lowest BCUT2D eigenvalue weighted by molar-refractivity contribution is -0.314. The van der Waals surface area contributed by atoms with Crippen molar-refractivity contribution in [2.45, 2.75) is 185 Å². The monoisotopic (exact) mass is 816 g/mol. The number of carbonyl (C=O) groups is 2. The van der Waals surface area contributed by atoms with Crippen molar-refractivity contribution >= 4 is 23.1 Å². The second-order valence-corrected chi connectivity index (χ2v) is 18.9. The molecule has 3 aliphatic carbocycles. The van der Waals surface area contributed by atoms with E-state index in [1.54, 1.807) is 32.7 Å². The number of likely N-dealkylation sites (N-methyl/N-ethyl adjacent to an activating group) is 1. The highest BCUT2D eigenvalue weighted by Gasteiger charge is 2.57. The molecule has 0 bridgehead atoms. The molecule has 12 nitrogen and oxygen atoms in total. The molecule has 4 heterocycles. The van der Waals surface area contributed by atoms with Crippen molar-refractivity contribution in [3.8, 4) is 0 Å². The van der Waals surface area contributed by atoms with Crippen LogP contribution in [0.4, 0.5) is 0 Å². The maximum Gasteiger partial charge on any atom is 0.306 e. The highest BCUT2D eigenvalue weighted by atomic mass is 32.1.